The maximum atomic E-state index is 12.2. The van der Waals surface area contributed by atoms with Crippen molar-refractivity contribution in [3.05, 3.63) is 46.7 Å². The number of rotatable bonds is 3. The molecule has 0 fully saturated rings. The molecule has 0 aromatic heterocycles. The molecule has 1 aromatic rings. The molecular formula is C18H20N2O3. The van der Waals surface area contributed by atoms with Gasteiger partial charge in [0.2, 0.25) is 5.90 Å². The monoisotopic (exact) mass is 312 g/mol. The van der Waals surface area contributed by atoms with Crippen molar-refractivity contribution in [3.8, 4) is 6.07 Å². The van der Waals surface area contributed by atoms with Crippen LogP contribution in [0.2, 0.25) is 0 Å². The van der Waals surface area contributed by atoms with Crippen molar-refractivity contribution in [2.75, 3.05) is 7.11 Å². The maximum Gasteiger partial charge on any atom is 0.337 e. The van der Waals surface area contributed by atoms with Crippen LogP contribution in [0.3, 0.4) is 0 Å². The Kier molecular flexibility index (Phi) is 4.85. The Morgan fingerprint density at radius 3 is 2.43 bits per heavy atom. The van der Waals surface area contributed by atoms with Gasteiger partial charge in [0.25, 0.3) is 0 Å². The maximum absolute atomic E-state index is 12.2. The number of nitriles is 1. The van der Waals surface area contributed by atoms with Crippen molar-refractivity contribution < 1.29 is 14.3 Å². The van der Waals surface area contributed by atoms with Crippen LogP contribution in [-0.4, -0.2) is 19.0 Å². The lowest BCUT2D eigenvalue weighted by Gasteiger charge is -2.30. The number of ether oxygens (including phenoxy) is 2. The van der Waals surface area contributed by atoms with Crippen molar-refractivity contribution >= 4 is 11.9 Å². The number of esters is 1. The van der Waals surface area contributed by atoms with Crippen molar-refractivity contribution in [2.24, 2.45) is 5.92 Å². The van der Waals surface area contributed by atoms with Crippen LogP contribution in [0, 0.1) is 22.7 Å². The summed E-state index contributed by atoms with van der Waals surface area (Å²) in [5.74, 6) is -1.39. The number of allylic oxidation sites excluding steroid dienone is 1. The molecule has 1 aliphatic rings. The van der Waals surface area contributed by atoms with Crippen LogP contribution in [0.25, 0.3) is 0 Å². The van der Waals surface area contributed by atoms with E-state index in [1.165, 1.54) is 12.7 Å². The number of hydrogen-bond acceptors (Lipinski definition) is 5. The fourth-order valence-corrected chi connectivity index (χ4v) is 2.78. The third-order valence-electron chi connectivity index (χ3n) is 4.08. The molecule has 0 saturated carbocycles. The first-order chi connectivity index (χ1) is 10.9. The second-order valence-corrected chi connectivity index (χ2v) is 5.83. The van der Waals surface area contributed by atoms with E-state index in [-0.39, 0.29) is 5.90 Å². The smallest absolute Gasteiger partial charge is 0.337 e. The van der Waals surface area contributed by atoms with Crippen LogP contribution in [0.4, 0.5) is 0 Å². The summed E-state index contributed by atoms with van der Waals surface area (Å²) in [5.41, 5.74) is 2.27. The second kappa shape index (κ2) is 6.66. The standard InChI is InChI=1S/C18H20N2O3/c1-10(2)12-5-7-13(8-6-12)16-14(9-19)17(20)23-11(3)15(16)18(21)22-4/h5-8,10,14,16,20H,1-4H3. The SMILES string of the molecule is COC(=O)C1=C(C)OC(=N)C(C#N)C1c1ccc(C(C)C)cc1. The summed E-state index contributed by atoms with van der Waals surface area (Å²) < 4.78 is 10.1. The van der Waals surface area contributed by atoms with Crippen LogP contribution in [0.5, 0.6) is 0 Å². The lowest BCUT2D eigenvalue weighted by atomic mass is 9.78. The van der Waals surface area contributed by atoms with Crippen molar-refractivity contribution in [1.82, 2.24) is 0 Å². The molecule has 0 amide bonds. The lowest BCUT2D eigenvalue weighted by Crippen LogP contribution is -2.32. The van der Waals surface area contributed by atoms with Gasteiger partial charge in [-0.1, -0.05) is 38.1 Å². The highest BCUT2D eigenvalue weighted by Crippen LogP contribution is 2.39. The molecule has 2 unspecified atom stereocenters. The highest BCUT2D eigenvalue weighted by molar-refractivity contribution is 5.95. The molecule has 120 valence electrons. The van der Waals surface area contributed by atoms with E-state index < -0.39 is 17.8 Å². The van der Waals surface area contributed by atoms with Crippen molar-refractivity contribution in [2.45, 2.75) is 32.6 Å². The topological polar surface area (TPSA) is 83.2 Å². The fourth-order valence-electron chi connectivity index (χ4n) is 2.78. The van der Waals surface area contributed by atoms with Gasteiger partial charge in [-0.05, 0) is 24.0 Å². The van der Waals surface area contributed by atoms with E-state index >= 15 is 0 Å². The van der Waals surface area contributed by atoms with Gasteiger partial charge >= 0.3 is 5.97 Å². The molecule has 5 nitrogen and oxygen atoms in total. The summed E-state index contributed by atoms with van der Waals surface area (Å²) in [7, 11) is 1.29. The quantitative estimate of drug-likeness (QED) is 0.866. The molecule has 1 heterocycles. The molecule has 0 spiro atoms. The number of hydrogen-bond donors (Lipinski definition) is 1. The Labute approximate surface area is 136 Å². The van der Waals surface area contributed by atoms with Gasteiger partial charge in [0.1, 0.15) is 11.7 Å². The highest BCUT2D eigenvalue weighted by atomic mass is 16.5. The fraction of sp³-hybridized carbons (Fsp3) is 0.389. The van der Waals surface area contributed by atoms with E-state index in [1.807, 2.05) is 24.3 Å². The zero-order valence-electron chi connectivity index (χ0n) is 13.7. The van der Waals surface area contributed by atoms with Gasteiger partial charge in [-0.3, -0.25) is 5.41 Å². The lowest BCUT2D eigenvalue weighted by molar-refractivity contribution is -0.136. The van der Waals surface area contributed by atoms with Crippen LogP contribution in [0.15, 0.2) is 35.6 Å². The van der Waals surface area contributed by atoms with Gasteiger partial charge in [0.05, 0.1) is 18.8 Å². The van der Waals surface area contributed by atoms with Crippen molar-refractivity contribution in [1.29, 1.82) is 10.7 Å². The van der Waals surface area contributed by atoms with Crippen molar-refractivity contribution in [3.63, 3.8) is 0 Å². The zero-order valence-corrected chi connectivity index (χ0v) is 13.7. The van der Waals surface area contributed by atoms with E-state index in [2.05, 4.69) is 19.9 Å². The predicted molar refractivity (Wildman–Crippen MR) is 85.9 cm³/mol. The molecule has 1 N–H and O–H groups in total. The summed E-state index contributed by atoms with van der Waals surface area (Å²) in [6.07, 6.45) is 0. The molecule has 1 aliphatic heterocycles. The van der Waals surface area contributed by atoms with E-state index in [0.29, 0.717) is 17.3 Å². The molecule has 0 radical (unpaired) electrons. The number of nitrogens with one attached hydrogen (secondary N) is 1. The number of carbonyl (C=O) groups excluding carboxylic acids is 1. The summed E-state index contributed by atoms with van der Waals surface area (Å²) in [6.45, 7) is 5.81. The second-order valence-electron chi connectivity index (χ2n) is 5.83. The number of carbonyl (C=O) groups is 1. The van der Waals surface area contributed by atoms with Crippen LogP contribution in [0.1, 0.15) is 43.7 Å². The number of methoxy groups -OCH3 is 1. The Morgan fingerprint density at radius 2 is 1.96 bits per heavy atom. The summed E-state index contributed by atoms with van der Waals surface area (Å²) >= 11 is 0. The minimum atomic E-state index is -0.849. The first kappa shape index (κ1) is 16.8. The van der Waals surface area contributed by atoms with Gasteiger partial charge < -0.3 is 9.47 Å². The van der Waals surface area contributed by atoms with Crippen LogP contribution >= 0.6 is 0 Å². The van der Waals surface area contributed by atoms with E-state index in [1.54, 1.807) is 6.92 Å². The van der Waals surface area contributed by atoms with E-state index in [4.69, 9.17) is 14.9 Å². The average Bonchev–Trinajstić information content (AvgIpc) is 2.53. The van der Waals surface area contributed by atoms with Gasteiger partial charge in [-0.25, -0.2) is 4.79 Å². The molecule has 23 heavy (non-hydrogen) atoms. The van der Waals surface area contributed by atoms with E-state index in [0.717, 1.165) is 5.56 Å². The molecule has 0 bridgehead atoms. The molecular weight excluding hydrogens is 292 g/mol. The first-order valence-electron chi connectivity index (χ1n) is 7.45. The Balaban J connectivity index is 2.56. The molecule has 0 aliphatic carbocycles. The first-order valence-corrected chi connectivity index (χ1v) is 7.45. The largest absolute Gasteiger partial charge is 0.466 e. The number of nitrogens with zero attached hydrogens (tertiary/aromatic N) is 1. The predicted octanol–water partition coefficient (Wildman–Crippen LogP) is 3.49. The Morgan fingerprint density at radius 1 is 1.35 bits per heavy atom. The third-order valence-corrected chi connectivity index (χ3v) is 4.08. The molecule has 0 saturated heterocycles. The zero-order chi connectivity index (χ0) is 17.1. The summed E-state index contributed by atoms with van der Waals surface area (Å²) in [5, 5.41) is 17.4. The van der Waals surface area contributed by atoms with Crippen LogP contribution in [-0.2, 0) is 14.3 Å². The van der Waals surface area contributed by atoms with Gasteiger partial charge in [-0.15, -0.1) is 0 Å². The van der Waals surface area contributed by atoms with Gasteiger partial charge in [0.15, 0.2) is 0 Å². The van der Waals surface area contributed by atoms with Gasteiger partial charge in [-0.2, -0.15) is 5.26 Å². The minimum absolute atomic E-state index is 0.143. The Hall–Kier alpha value is -2.61. The average molecular weight is 312 g/mol. The molecule has 2 atom stereocenters. The van der Waals surface area contributed by atoms with E-state index in [9.17, 15) is 10.1 Å². The normalized spacial score (nSPS) is 21.0. The molecule has 1 aromatic carbocycles. The third kappa shape index (κ3) is 3.11. The summed E-state index contributed by atoms with van der Waals surface area (Å²) in [6, 6.07) is 9.85. The summed E-state index contributed by atoms with van der Waals surface area (Å²) in [4.78, 5) is 12.2. The molecule has 2 rings (SSSR count). The van der Waals surface area contributed by atoms with Crippen LogP contribution < -0.4 is 0 Å². The molecule has 5 heteroatoms. The van der Waals surface area contributed by atoms with Gasteiger partial charge in [0, 0.05) is 5.92 Å². The highest BCUT2D eigenvalue weighted by Gasteiger charge is 2.41. The minimum Gasteiger partial charge on any atom is -0.466 e. The Bertz CT molecular complexity index is 696. The number of benzene rings is 1.